The molecule has 0 heterocycles. The average molecular weight is 228 g/mol. The van der Waals surface area contributed by atoms with E-state index in [0.717, 1.165) is 13.0 Å². The van der Waals surface area contributed by atoms with Gasteiger partial charge in [0.2, 0.25) is 5.91 Å². The summed E-state index contributed by atoms with van der Waals surface area (Å²) in [6.45, 7) is 11.1. The van der Waals surface area contributed by atoms with Crippen LogP contribution in [-0.4, -0.2) is 29.4 Å². The molecule has 0 fully saturated rings. The molecular weight excluding hydrogens is 200 g/mol. The molecule has 16 heavy (non-hydrogen) atoms. The van der Waals surface area contributed by atoms with Gasteiger partial charge < -0.3 is 10.6 Å². The topological polar surface area (TPSA) is 46.3 Å². The molecule has 0 aromatic rings. The van der Waals surface area contributed by atoms with E-state index in [1.54, 1.807) is 0 Å². The van der Waals surface area contributed by atoms with Crippen LogP contribution < -0.4 is 5.73 Å². The molecule has 0 aromatic carbocycles. The summed E-state index contributed by atoms with van der Waals surface area (Å²) in [4.78, 5) is 14.0. The van der Waals surface area contributed by atoms with Crippen molar-refractivity contribution in [3.8, 4) is 0 Å². The first-order valence-electron chi connectivity index (χ1n) is 6.47. The van der Waals surface area contributed by atoms with E-state index in [1.165, 1.54) is 12.8 Å². The fourth-order valence-electron chi connectivity index (χ4n) is 1.63. The summed E-state index contributed by atoms with van der Waals surface area (Å²) < 4.78 is 0. The van der Waals surface area contributed by atoms with Crippen molar-refractivity contribution in [2.75, 3.05) is 6.54 Å². The lowest BCUT2D eigenvalue weighted by atomic mass is 10.0. The zero-order chi connectivity index (χ0) is 12.7. The number of nitrogens with two attached hydrogens (primary N) is 1. The van der Waals surface area contributed by atoms with Gasteiger partial charge in [-0.1, -0.05) is 33.6 Å². The highest BCUT2D eigenvalue weighted by molar-refractivity contribution is 5.82. The van der Waals surface area contributed by atoms with Gasteiger partial charge in [-0.25, -0.2) is 0 Å². The molecule has 0 saturated carbocycles. The normalized spacial score (nSPS) is 13.2. The molecule has 96 valence electrons. The molecule has 1 amide bonds. The van der Waals surface area contributed by atoms with Crippen LogP contribution in [-0.2, 0) is 4.79 Å². The van der Waals surface area contributed by atoms with Gasteiger partial charge in [-0.2, -0.15) is 0 Å². The van der Waals surface area contributed by atoms with E-state index in [1.807, 2.05) is 18.7 Å². The Balaban J connectivity index is 4.35. The minimum atomic E-state index is -0.357. The third kappa shape index (κ3) is 4.97. The Bertz CT molecular complexity index is 202. The van der Waals surface area contributed by atoms with Crippen LogP contribution in [0.3, 0.4) is 0 Å². The first-order valence-corrected chi connectivity index (χ1v) is 6.47. The van der Waals surface area contributed by atoms with Crippen molar-refractivity contribution in [1.29, 1.82) is 0 Å². The lowest BCUT2D eigenvalue weighted by Gasteiger charge is -2.30. The maximum absolute atomic E-state index is 12.1. The number of amides is 1. The Labute approximate surface area is 100 Å². The standard InChI is InChI=1S/C13H28N2O/c1-6-7-8-9-15(11(4)5)13(16)12(14)10(2)3/h10-12H,6-9,14H2,1-5H3/t12-/m0/s1. The van der Waals surface area contributed by atoms with E-state index in [-0.39, 0.29) is 23.9 Å². The highest BCUT2D eigenvalue weighted by atomic mass is 16.2. The minimum Gasteiger partial charge on any atom is -0.339 e. The summed E-state index contributed by atoms with van der Waals surface area (Å²) in [7, 11) is 0. The molecule has 0 rings (SSSR count). The van der Waals surface area contributed by atoms with E-state index in [0.29, 0.717) is 0 Å². The van der Waals surface area contributed by atoms with E-state index in [2.05, 4.69) is 20.8 Å². The molecule has 0 aliphatic carbocycles. The number of rotatable bonds is 7. The van der Waals surface area contributed by atoms with Crippen LogP contribution in [0.15, 0.2) is 0 Å². The Kier molecular flexibility index (Phi) is 7.39. The van der Waals surface area contributed by atoms with Crippen molar-refractivity contribution in [2.45, 2.75) is 66.0 Å². The fourth-order valence-corrected chi connectivity index (χ4v) is 1.63. The van der Waals surface area contributed by atoms with Crippen LogP contribution in [0.25, 0.3) is 0 Å². The molecule has 1 atom stereocenters. The van der Waals surface area contributed by atoms with Crippen LogP contribution in [0.4, 0.5) is 0 Å². The highest BCUT2D eigenvalue weighted by Crippen LogP contribution is 2.09. The Morgan fingerprint density at radius 3 is 2.12 bits per heavy atom. The molecule has 0 unspecified atom stereocenters. The van der Waals surface area contributed by atoms with E-state index < -0.39 is 0 Å². The first kappa shape index (κ1) is 15.4. The molecule has 0 saturated heterocycles. The summed E-state index contributed by atoms with van der Waals surface area (Å²) >= 11 is 0. The van der Waals surface area contributed by atoms with E-state index in [9.17, 15) is 4.79 Å². The van der Waals surface area contributed by atoms with Crippen molar-refractivity contribution >= 4 is 5.91 Å². The minimum absolute atomic E-state index is 0.0982. The van der Waals surface area contributed by atoms with Gasteiger partial charge >= 0.3 is 0 Å². The molecule has 3 heteroatoms. The highest BCUT2D eigenvalue weighted by Gasteiger charge is 2.24. The molecular formula is C13H28N2O. The van der Waals surface area contributed by atoms with Gasteiger partial charge in [-0.3, -0.25) is 4.79 Å². The van der Waals surface area contributed by atoms with Crippen molar-refractivity contribution in [2.24, 2.45) is 11.7 Å². The number of hydrogen-bond acceptors (Lipinski definition) is 2. The van der Waals surface area contributed by atoms with Crippen LogP contribution in [0.1, 0.15) is 53.9 Å². The lowest BCUT2D eigenvalue weighted by Crippen LogP contribution is -2.49. The molecule has 0 aliphatic rings. The summed E-state index contributed by atoms with van der Waals surface area (Å²) in [6.07, 6.45) is 3.43. The van der Waals surface area contributed by atoms with Crippen LogP contribution in [0.5, 0.6) is 0 Å². The predicted octanol–water partition coefficient (Wildman–Crippen LogP) is 2.40. The number of nitrogens with zero attached hydrogens (tertiary/aromatic N) is 1. The SMILES string of the molecule is CCCCCN(C(=O)[C@@H](N)C(C)C)C(C)C. The molecule has 0 spiro atoms. The van der Waals surface area contributed by atoms with Crippen LogP contribution >= 0.6 is 0 Å². The van der Waals surface area contributed by atoms with Crippen molar-refractivity contribution in [1.82, 2.24) is 4.90 Å². The zero-order valence-electron chi connectivity index (χ0n) is 11.5. The van der Waals surface area contributed by atoms with Crippen molar-refractivity contribution in [3.63, 3.8) is 0 Å². The third-order valence-corrected chi connectivity index (χ3v) is 2.91. The molecule has 3 nitrogen and oxygen atoms in total. The van der Waals surface area contributed by atoms with Gasteiger partial charge in [0.15, 0.2) is 0 Å². The van der Waals surface area contributed by atoms with Gasteiger partial charge in [0.05, 0.1) is 6.04 Å². The third-order valence-electron chi connectivity index (χ3n) is 2.91. The van der Waals surface area contributed by atoms with E-state index in [4.69, 9.17) is 5.73 Å². The lowest BCUT2D eigenvalue weighted by molar-refractivity contribution is -0.135. The van der Waals surface area contributed by atoms with Crippen molar-refractivity contribution in [3.05, 3.63) is 0 Å². The van der Waals surface area contributed by atoms with Crippen LogP contribution in [0, 0.1) is 5.92 Å². The largest absolute Gasteiger partial charge is 0.339 e. The van der Waals surface area contributed by atoms with Gasteiger partial charge in [-0.05, 0) is 26.2 Å². The number of carbonyl (C=O) groups is 1. The van der Waals surface area contributed by atoms with Crippen LogP contribution in [0.2, 0.25) is 0 Å². The second kappa shape index (κ2) is 7.66. The Morgan fingerprint density at radius 2 is 1.75 bits per heavy atom. The summed E-state index contributed by atoms with van der Waals surface area (Å²) in [5.74, 6) is 0.307. The van der Waals surface area contributed by atoms with Crippen molar-refractivity contribution < 1.29 is 4.79 Å². The molecule has 0 aliphatic heterocycles. The molecule has 0 aromatic heterocycles. The monoisotopic (exact) mass is 228 g/mol. The average Bonchev–Trinajstić information content (AvgIpc) is 2.21. The second-order valence-corrected chi connectivity index (χ2v) is 5.10. The van der Waals surface area contributed by atoms with Gasteiger partial charge in [0.25, 0.3) is 0 Å². The molecule has 0 bridgehead atoms. The maximum atomic E-state index is 12.1. The maximum Gasteiger partial charge on any atom is 0.239 e. The number of hydrogen-bond donors (Lipinski definition) is 1. The molecule has 0 radical (unpaired) electrons. The Morgan fingerprint density at radius 1 is 1.19 bits per heavy atom. The van der Waals surface area contributed by atoms with E-state index >= 15 is 0 Å². The number of carbonyl (C=O) groups excluding carboxylic acids is 1. The molecule has 2 N–H and O–H groups in total. The van der Waals surface area contributed by atoms with Gasteiger partial charge in [0, 0.05) is 12.6 Å². The fraction of sp³-hybridized carbons (Fsp3) is 0.923. The van der Waals surface area contributed by atoms with Gasteiger partial charge in [0.1, 0.15) is 0 Å². The predicted molar refractivity (Wildman–Crippen MR) is 69.2 cm³/mol. The zero-order valence-corrected chi connectivity index (χ0v) is 11.5. The Hall–Kier alpha value is -0.570. The smallest absolute Gasteiger partial charge is 0.239 e. The summed E-state index contributed by atoms with van der Waals surface area (Å²) in [5, 5.41) is 0. The number of unbranched alkanes of at least 4 members (excludes halogenated alkanes) is 2. The summed E-state index contributed by atoms with van der Waals surface area (Å²) in [5.41, 5.74) is 5.91. The van der Waals surface area contributed by atoms with Gasteiger partial charge in [-0.15, -0.1) is 0 Å². The summed E-state index contributed by atoms with van der Waals surface area (Å²) in [6, 6.07) is -0.113. The quantitative estimate of drug-likeness (QED) is 0.680. The first-order chi connectivity index (χ1) is 7.41. The second-order valence-electron chi connectivity index (χ2n) is 5.10.